The highest BCUT2D eigenvalue weighted by atomic mass is 32.1. The zero-order chi connectivity index (χ0) is 18.9. The molecule has 1 fully saturated rings. The number of aliphatic hydroxyl groups is 1. The molecule has 0 saturated carbocycles. The lowest BCUT2D eigenvalue weighted by Gasteiger charge is -2.39. The van der Waals surface area contributed by atoms with Crippen LogP contribution >= 0.6 is 23.6 Å². The molecule has 0 spiro atoms. The Morgan fingerprint density at radius 2 is 2.08 bits per heavy atom. The van der Waals surface area contributed by atoms with Gasteiger partial charge in [0.1, 0.15) is 5.69 Å². The average molecular weight is 393 g/mol. The van der Waals surface area contributed by atoms with Gasteiger partial charge in [0.25, 0.3) is 5.91 Å². The molecule has 6 heteroatoms. The van der Waals surface area contributed by atoms with Gasteiger partial charge >= 0.3 is 0 Å². The molecule has 1 aliphatic rings. The van der Waals surface area contributed by atoms with E-state index in [9.17, 15) is 4.79 Å². The standard InChI is InChI=1S/C19H24N2OS2.CH4O/c1-2-3-9-16-12-15(14-7-5-4-6-8-14)10-11-21(16)18(22)17-13-24-19(23)20-17;1-2/h4-8,13,15-16H,2-3,9-12H2,1H3,(H,20,23);2H,1H3/t15?,16-;/m0./s1. The highest BCUT2D eigenvalue weighted by Crippen LogP contribution is 2.34. The van der Waals surface area contributed by atoms with Crippen LogP contribution in [0, 0.1) is 3.95 Å². The molecule has 26 heavy (non-hydrogen) atoms. The normalized spacial score (nSPS) is 19.6. The van der Waals surface area contributed by atoms with Gasteiger partial charge in [0, 0.05) is 25.1 Å². The Balaban J connectivity index is 0.00000117. The van der Waals surface area contributed by atoms with E-state index >= 15 is 0 Å². The first-order valence-electron chi connectivity index (χ1n) is 9.17. The van der Waals surface area contributed by atoms with Crippen LogP contribution in [0.3, 0.4) is 0 Å². The van der Waals surface area contributed by atoms with E-state index in [1.807, 2.05) is 5.38 Å². The average Bonchev–Trinajstić information content (AvgIpc) is 3.14. The fraction of sp³-hybridized carbons (Fsp3) is 0.500. The minimum atomic E-state index is 0.106. The molecule has 2 N–H and O–H groups in total. The maximum absolute atomic E-state index is 12.9. The number of unbranched alkanes of at least 4 members (excludes halogenated alkanes) is 1. The zero-order valence-electron chi connectivity index (χ0n) is 15.5. The Kier molecular flexibility index (Phi) is 8.48. The third kappa shape index (κ3) is 5.25. The van der Waals surface area contributed by atoms with Gasteiger partial charge < -0.3 is 15.0 Å². The van der Waals surface area contributed by atoms with Crippen LogP contribution in [0.15, 0.2) is 35.7 Å². The number of hydrogen-bond acceptors (Lipinski definition) is 4. The molecule has 2 atom stereocenters. The number of nitrogens with zero attached hydrogens (tertiary/aromatic N) is 1. The Hall–Kier alpha value is -1.50. The van der Waals surface area contributed by atoms with Crippen molar-refractivity contribution in [2.45, 2.75) is 51.0 Å². The van der Waals surface area contributed by atoms with E-state index in [2.05, 4.69) is 47.1 Å². The smallest absolute Gasteiger partial charge is 0.271 e. The summed E-state index contributed by atoms with van der Waals surface area (Å²) in [7, 11) is 1.00. The molecule has 1 aromatic heterocycles. The summed E-state index contributed by atoms with van der Waals surface area (Å²) in [4.78, 5) is 18.0. The summed E-state index contributed by atoms with van der Waals surface area (Å²) in [5, 5.41) is 8.85. The molecule has 0 bridgehead atoms. The number of aromatic nitrogens is 1. The number of carbonyl (C=O) groups is 1. The number of hydrogen-bond donors (Lipinski definition) is 2. The van der Waals surface area contributed by atoms with E-state index in [4.69, 9.17) is 17.3 Å². The zero-order valence-corrected chi connectivity index (χ0v) is 17.1. The monoisotopic (exact) mass is 392 g/mol. The second-order valence-electron chi connectivity index (χ2n) is 6.49. The number of thiazole rings is 1. The minimum Gasteiger partial charge on any atom is -0.400 e. The molecular weight excluding hydrogens is 364 g/mol. The predicted octanol–water partition coefficient (Wildman–Crippen LogP) is 4.99. The van der Waals surface area contributed by atoms with Crippen molar-refractivity contribution in [3.63, 3.8) is 0 Å². The number of carbonyl (C=O) groups excluding carboxylic acids is 1. The Labute approximate surface area is 164 Å². The first-order chi connectivity index (χ1) is 12.7. The highest BCUT2D eigenvalue weighted by Gasteiger charge is 2.32. The van der Waals surface area contributed by atoms with Crippen molar-refractivity contribution >= 4 is 29.5 Å². The van der Waals surface area contributed by atoms with Crippen LogP contribution in [0.5, 0.6) is 0 Å². The molecule has 1 saturated heterocycles. The molecule has 0 aliphatic carbocycles. The number of nitrogens with one attached hydrogen (secondary N) is 1. The van der Waals surface area contributed by atoms with Crippen molar-refractivity contribution in [3.05, 3.63) is 50.9 Å². The van der Waals surface area contributed by atoms with Crippen LogP contribution < -0.4 is 0 Å². The largest absolute Gasteiger partial charge is 0.400 e. The molecule has 1 aromatic carbocycles. The number of rotatable bonds is 5. The number of likely N-dealkylation sites (tertiary alicyclic amines) is 1. The molecule has 142 valence electrons. The maximum atomic E-state index is 12.9. The molecule has 1 aliphatic heterocycles. The summed E-state index contributed by atoms with van der Waals surface area (Å²) in [6.45, 7) is 3.03. The quantitative estimate of drug-likeness (QED) is 0.705. The molecule has 4 nitrogen and oxygen atoms in total. The summed E-state index contributed by atoms with van der Waals surface area (Å²) >= 11 is 6.55. The second-order valence-corrected chi connectivity index (χ2v) is 8.03. The fourth-order valence-electron chi connectivity index (χ4n) is 3.60. The predicted molar refractivity (Wildman–Crippen MR) is 110 cm³/mol. The van der Waals surface area contributed by atoms with Gasteiger partial charge in [-0.3, -0.25) is 4.79 Å². The second kappa shape index (κ2) is 10.6. The molecule has 2 aromatic rings. The minimum absolute atomic E-state index is 0.106. The van der Waals surface area contributed by atoms with E-state index in [0.717, 1.165) is 45.8 Å². The molecule has 0 radical (unpaired) electrons. The van der Waals surface area contributed by atoms with Crippen molar-refractivity contribution in [2.75, 3.05) is 13.7 Å². The third-order valence-electron chi connectivity index (χ3n) is 4.89. The Morgan fingerprint density at radius 3 is 2.69 bits per heavy atom. The summed E-state index contributed by atoms with van der Waals surface area (Å²) in [5.74, 6) is 0.660. The van der Waals surface area contributed by atoms with Crippen molar-refractivity contribution in [1.29, 1.82) is 0 Å². The number of piperidine rings is 1. The molecular formula is C20H28N2O2S2. The van der Waals surface area contributed by atoms with Crippen LogP contribution in [0.25, 0.3) is 0 Å². The highest BCUT2D eigenvalue weighted by molar-refractivity contribution is 7.73. The number of H-pyrrole nitrogens is 1. The molecule has 1 amide bonds. The van der Waals surface area contributed by atoms with E-state index in [1.54, 1.807) is 0 Å². The summed E-state index contributed by atoms with van der Waals surface area (Å²) in [6.07, 6.45) is 5.49. The van der Waals surface area contributed by atoms with Crippen LogP contribution in [0.4, 0.5) is 0 Å². The Morgan fingerprint density at radius 1 is 1.35 bits per heavy atom. The van der Waals surface area contributed by atoms with Crippen molar-refractivity contribution in [2.24, 2.45) is 0 Å². The van der Waals surface area contributed by atoms with Crippen molar-refractivity contribution < 1.29 is 9.90 Å². The topological polar surface area (TPSA) is 56.3 Å². The Bertz CT molecular complexity index is 727. The van der Waals surface area contributed by atoms with E-state index in [0.29, 0.717) is 21.6 Å². The maximum Gasteiger partial charge on any atom is 0.271 e. The van der Waals surface area contributed by atoms with Gasteiger partial charge in [-0.15, -0.1) is 11.3 Å². The molecule has 3 rings (SSSR count). The number of aliphatic hydroxyl groups excluding tert-OH is 1. The van der Waals surface area contributed by atoms with Crippen LogP contribution in [-0.2, 0) is 0 Å². The SMILES string of the molecule is CCCC[C@H]1CC(c2ccccc2)CCN1C(=O)c1csc(=S)[nH]1.CO. The lowest BCUT2D eigenvalue weighted by atomic mass is 9.83. The van der Waals surface area contributed by atoms with Crippen LogP contribution in [0.2, 0.25) is 0 Å². The summed E-state index contributed by atoms with van der Waals surface area (Å²) in [5.41, 5.74) is 2.05. The first-order valence-corrected chi connectivity index (χ1v) is 10.5. The molecule has 2 heterocycles. The number of aromatic amines is 1. The lowest BCUT2D eigenvalue weighted by Crippen LogP contribution is -2.45. The molecule has 1 unspecified atom stereocenters. The summed E-state index contributed by atoms with van der Waals surface area (Å²) in [6, 6.07) is 11.0. The third-order valence-corrected chi connectivity index (χ3v) is 5.95. The van der Waals surface area contributed by atoms with E-state index in [-0.39, 0.29) is 5.91 Å². The van der Waals surface area contributed by atoms with Gasteiger partial charge in [-0.1, -0.05) is 50.1 Å². The van der Waals surface area contributed by atoms with Gasteiger partial charge in [0.15, 0.2) is 3.95 Å². The fourth-order valence-corrected chi connectivity index (χ4v) is 4.41. The van der Waals surface area contributed by atoms with E-state index < -0.39 is 0 Å². The first kappa shape index (κ1) is 20.8. The van der Waals surface area contributed by atoms with Gasteiger partial charge in [-0.2, -0.15) is 0 Å². The lowest BCUT2D eigenvalue weighted by molar-refractivity contribution is 0.0570. The van der Waals surface area contributed by atoms with Crippen LogP contribution in [0.1, 0.15) is 61.0 Å². The number of benzene rings is 1. The van der Waals surface area contributed by atoms with E-state index in [1.165, 1.54) is 16.9 Å². The van der Waals surface area contributed by atoms with Gasteiger partial charge in [0.05, 0.1) is 0 Å². The summed E-state index contributed by atoms with van der Waals surface area (Å²) < 4.78 is 0.669. The van der Waals surface area contributed by atoms with Gasteiger partial charge in [-0.25, -0.2) is 0 Å². The van der Waals surface area contributed by atoms with Crippen LogP contribution in [-0.4, -0.2) is 40.6 Å². The van der Waals surface area contributed by atoms with Gasteiger partial charge in [0.2, 0.25) is 0 Å². The van der Waals surface area contributed by atoms with Crippen molar-refractivity contribution in [1.82, 2.24) is 9.88 Å². The van der Waals surface area contributed by atoms with Crippen molar-refractivity contribution in [3.8, 4) is 0 Å². The van der Waals surface area contributed by atoms with Gasteiger partial charge in [-0.05, 0) is 43.0 Å². The number of amides is 1.